The van der Waals surface area contributed by atoms with Gasteiger partial charge in [-0.3, -0.25) is 4.79 Å². The summed E-state index contributed by atoms with van der Waals surface area (Å²) in [5, 5.41) is 3.07. The smallest absolute Gasteiger partial charge is 0.219 e. The van der Waals surface area contributed by atoms with Crippen LogP contribution in [0.25, 0.3) is 0 Å². The number of nitrogens with one attached hydrogen (secondary N) is 1. The van der Waals surface area contributed by atoms with E-state index in [0.717, 1.165) is 39.0 Å². The molecule has 24 heavy (non-hydrogen) atoms. The molecule has 0 aliphatic rings. The first-order valence-electron chi connectivity index (χ1n) is 10.7. The second-order valence-corrected chi connectivity index (χ2v) is 7.02. The number of carbonyl (C=O) groups excluding carboxylic acids is 1. The van der Waals surface area contributed by atoms with Gasteiger partial charge in [0.1, 0.15) is 0 Å². The summed E-state index contributed by atoms with van der Waals surface area (Å²) in [7, 11) is 0. The Morgan fingerprint density at radius 1 is 0.708 bits per heavy atom. The number of nitrogens with zero attached hydrogens (tertiary/aromatic N) is 1. The lowest BCUT2D eigenvalue weighted by molar-refractivity contribution is -0.121. The van der Waals surface area contributed by atoms with E-state index in [9.17, 15) is 4.79 Å². The second-order valence-electron chi connectivity index (χ2n) is 7.02. The summed E-state index contributed by atoms with van der Waals surface area (Å²) >= 11 is 0. The van der Waals surface area contributed by atoms with E-state index in [0.29, 0.717) is 6.42 Å². The minimum atomic E-state index is 0.248. The van der Waals surface area contributed by atoms with Crippen LogP contribution in [0.1, 0.15) is 104 Å². The Kier molecular flexibility index (Phi) is 18.3. The molecule has 0 aromatic carbocycles. The summed E-state index contributed by atoms with van der Waals surface area (Å²) in [6, 6.07) is 0. The molecule has 0 aliphatic heterocycles. The number of amides is 1. The van der Waals surface area contributed by atoms with Crippen molar-refractivity contribution in [3.63, 3.8) is 0 Å². The molecule has 0 rings (SSSR count). The molecule has 3 heteroatoms. The Hall–Kier alpha value is -0.570. The van der Waals surface area contributed by atoms with Gasteiger partial charge >= 0.3 is 0 Å². The second kappa shape index (κ2) is 18.8. The Morgan fingerprint density at radius 2 is 1.25 bits per heavy atom. The van der Waals surface area contributed by atoms with Crippen molar-refractivity contribution in [2.24, 2.45) is 0 Å². The van der Waals surface area contributed by atoms with Crippen LogP contribution in [-0.2, 0) is 4.79 Å². The van der Waals surface area contributed by atoms with Crippen molar-refractivity contribution in [3.8, 4) is 0 Å². The molecule has 0 bridgehead atoms. The molecule has 0 spiro atoms. The van der Waals surface area contributed by atoms with Crippen LogP contribution in [-0.4, -0.2) is 37.0 Å². The lowest BCUT2D eigenvalue weighted by Gasteiger charge is -2.17. The molecule has 1 N–H and O–H groups in total. The van der Waals surface area contributed by atoms with Gasteiger partial charge in [0.05, 0.1) is 0 Å². The van der Waals surface area contributed by atoms with E-state index in [1.165, 1.54) is 64.2 Å². The lowest BCUT2D eigenvalue weighted by atomic mass is 10.1. The van der Waals surface area contributed by atoms with E-state index < -0.39 is 0 Å². The highest BCUT2D eigenvalue weighted by molar-refractivity contribution is 5.75. The minimum Gasteiger partial charge on any atom is -0.356 e. The van der Waals surface area contributed by atoms with Gasteiger partial charge in [0.2, 0.25) is 5.91 Å². The maximum atomic E-state index is 11.8. The molecule has 0 aromatic rings. The lowest BCUT2D eigenvalue weighted by Crippen LogP contribution is -2.27. The van der Waals surface area contributed by atoms with E-state index in [4.69, 9.17) is 0 Å². The molecule has 0 saturated carbocycles. The van der Waals surface area contributed by atoms with Crippen molar-refractivity contribution in [2.75, 3.05) is 26.2 Å². The van der Waals surface area contributed by atoms with Gasteiger partial charge in [-0.15, -0.1) is 0 Å². The summed E-state index contributed by atoms with van der Waals surface area (Å²) in [6.45, 7) is 10.9. The zero-order chi connectivity index (χ0) is 17.9. The predicted molar refractivity (Wildman–Crippen MR) is 106 cm³/mol. The van der Waals surface area contributed by atoms with Gasteiger partial charge in [0.15, 0.2) is 0 Å². The van der Waals surface area contributed by atoms with Gasteiger partial charge in [-0.2, -0.15) is 0 Å². The first-order valence-corrected chi connectivity index (χ1v) is 10.7. The molecule has 0 unspecified atom stereocenters. The van der Waals surface area contributed by atoms with Gasteiger partial charge in [0, 0.05) is 13.0 Å². The topological polar surface area (TPSA) is 32.3 Å². The van der Waals surface area contributed by atoms with Crippen LogP contribution < -0.4 is 5.32 Å². The molecule has 0 atom stereocenters. The maximum Gasteiger partial charge on any atom is 0.219 e. The molecule has 0 radical (unpaired) electrons. The van der Waals surface area contributed by atoms with Crippen molar-refractivity contribution >= 4 is 5.91 Å². The monoisotopic (exact) mass is 340 g/mol. The Bertz CT molecular complexity index is 265. The SMILES string of the molecule is CCCCCCCCCCCCC(=O)NCCCCN(CC)CC. The summed E-state index contributed by atoms with van der Waals surface area (Å²) in [5.74, 6) is 0.248. The Labute approximate surface area is 152 Å². The fourth-order valence-corrected chi connectivity index (χ4v) is 3.09. The molecular weight excluding hydrogens is 296 g/mol. The van der Waals surface area contributed by atoms with Gasteiger partial charge in [-0.1, -0.05) is 78.6 Å². The molecule has 0 fully saturated rings. The molecule has 0 saturated heterocycles. The maximum absolute atomic E-state index is 11.8. The van der Waals surface area contributed by atoms with Gasteiger partial charge in [-0.05, 0) is 38.9 Å². The highest BCUT2D eigenvalue weighted by atomic mass is 16.1. The van der Waals surface area contributed by atoms with Crippen molar-refractivity contribution in [1.29, 1.82) is 0 Å². The highest BCUT2D eigenvalue weighted by Gasteiger charge is 2.02. The van der Waals surface area contributed by atoms with Crippen molar-refractivity contribution in [2.45, 2.75) is 104 Å². The van der Waals surface area contributed by atoms with Crippen LogP contribution in [0.2, 0.25) is 0 Å². The number of hydrogen-bond acceptors (Lipinski definition) is 2. The normalized spacial score (nSPS) is 11.2. The van der Waals surface area contributed by atoms with Crippen LogP contribution in [0.5, 0.6) is 0 Å². The molecule has 0 heterocycles. The van der Waals surface area contributed by atoms with Gasteiger partial charge in [-0.25, -0.2) is 0 Å². The highest BCUT2D eigenvalue weighted by Crippen LogP contribution is 2.11. The first-order chi connectivity index (χ1) is 11.7. The quantitative estimate of drug-likeness (QED) is 0.332. The third kappa shape index (κ3) is 16.3. The fourth-order valence-electron chi connectivity index (χ4n) is 3.09. The molecule has 144 valence electrons. The number of rotatable bonds is 18. The predicted octanol–water partition coefficient (Wildman–Crippen LogP) is 5.54. The summed E-state index contributed by atoms with van der Waals surface area (Å²) in [6.07, 6.45) is 16.2. The number of carbonyl (C=O) groups is 1. The zero-order valence-electron chi connectivity index (χ0n) is 16.9. The average Bonchev–Trinajstić information content (AvgIpc) is 2.59. The minimum absolute atomic E-state index is 0.248. The number of unbranched alkanes of at least 4 members (excludes halogenated alkanes) is 10. The molecule has 1 amide bonds. The molecule has 0 aromatic heterocycles. The Morgan fingerprint density at radius 3 is 1.79 bits per heavy atom. The fraction of sp³-hybridized carbons (Fsp3) is 0.952. The van der Waals surface area contributed by atoms with Crippen LogP contribution in [0, 0.1) is 0 Å². The molecule has 0 aliphatic carbocycles. The summed E-state index contributed by atoms with van der Waals surface area (Å²) in [4.78, 5) is 14.2. The summed E-state index contributed by atoms with van der Waals surface area (Å²) < 4.78 is 0. The van der Waals surface area contributed by atoms with E-state index >= 15 is 0 Å². The van der Waals surface area contributed by atoms with Crippen LogP contribution in [0.15, 0.2) is 0 Å². The van der Waals surface area contributed by atoms with E-state index in [2.05, 4.69) is 31.0 Å². The van der Waals surface area contributed by atoms with Crippen LogP contribution in [0.4, 0.5) is 0 Å². The molecule has 3 nitrogen and oxygen atoms in total. The van der Waals surface area contributed by atoms with Crippen molar-refractivity contribution < 1.29 is 4.79 Å². The number of hydrogen-bond donors (Lipinski definition) is 1. The van der Waals surface area contributed by atoms with Gasteiger partial charge < -0.3 is 10.2 Å². The van der Waals surface area contributed by atoms with E-state index in [1.54, 1.807) is 0 Å². The third-order valence-corrected chi connectivity index (χ3v) is 4.88. The third-order valence-electron chi connectivity index (χ3n) is 4.88. The first kappa shape index (κ1) is 23.4. The van der Waals surface area contributed by atoms with Crippen LogP contribution >= 0.6 is 0 Å². The van der Waals surface area contributed by atoms with Crippen LogP contribution in [0.3, 0.4) is 0 Å². The molecular formula is C21H44N2O. The van der Waals surface area contributed by atoms with E-state index in [-0.39, 0.29) is 5.91 Å². The zero-order valence-corrected chi connectivity index (χ0v) is 16.9. The summed E-state index contributed by atoms with van der Waals surface area (Å²) in [5.41, 5.74) is 0. The van der Waals surface area contributed by atoms with Crippen molar-refractivity contribution in [3.05, 3.63) is 0 Å². The largest absolute Gasteiger partial charge is 0.356 e. The van der Waals surface area contributed by atoms with Gasteiger partial charge in [0.25, 0.3) is 0 Å². The van der Waals surface area contributed by atoms with Crippen molar-refractivity contribution in [1.82, 2.24) is 10.2 Å². The Balaban J connectivity index is 3.24. The standard InChI is InChI=1S/C21H44N2O/c1-4-7-8-9-10-11-12-13-14-15-18-21(24)22-19-16-17-20-23(5-2)6-3/h4-20H2,1-3H3,(H,22,24). The van der Waals surface area contributed by atoms with E-state index in [1.807, 2.05) is 0 Å². The average molecular weight is 341 g/mol.